The van der Waals surface area contributed by atoms with Gasteiger partial charge in [-0.05, 0) is 38.8 Å². The normalized spacial score (nSPS) is 26.8. The number of carbonyl (C=O) groups is 1. The molecule has 0 aromatic heterocycles. The Bertz CT molecular complexity index is 376. The molecule has 0 bridgehead atoms. The van der Waals surface area contributed by atoms with Crippen LogP contribution in [-0.4, -0.2) is 66.8 Å². The minimum atomic E-state index is -4.33. The predicted octanol–water partition coefficient (Wildman–Crippen LogP) is 2.43. The summed E-state index contributed by atoms with van der Waals surface area (Å²) in [6.45, 7) is 3.47. The van der Waals surface area contributed by atoms with Crippen LogP contribution in [0.25, 0.3) is 0 Å². The summed E-state index contributed by atoms with van der Waals surface area (Å²) in [7, 11) is 0. The molecule has 22 heavy (non-hydrogen) atoms. The predicted molar refractivity (Wildman–Crippen MR) is 76.5 cm³/mol. The van der Waals surface area contributed by atoms with E-state index in [1.807, 2.05) is 4.90 Å². The summed E-state index contributed by atoms with van der Waals surface area (Å²) in [5.41, 5.74) is 0. The van der Waals surface area contributed by atoms with Gasteiger partial charge in [-0.1, -0.05) is 6.92 Å². The van der Waals surface area contributed by atoms with Crippen LogP contribution in [0.5, 0.6) is 0 Å². The number of alkyl halides is 3. The maximum atomic E-state index is 12.3. The molecule has 7 heteroatoms. The van der Waals surface area contributed by atoms with Gasteiger partial charge in [0.25, 0.3) is 0 Å². The smallest absolute Gasteiger partial charge is 0.372 e. The SMILES string of the molecule is CCN1CCC[C@@H]1[C@H]1CCCN1C(=O)CCOCC(F)(F)F. The van der Waals surface area contributed by atoms with Crippen LogP contribution < -0.4 is 0 Å². The zero-order chi connectivity index (χ0) is 16.2. The average Bonchev–Trinajstić information content (AvgIpc) is 3.09. The van der Waals surface area contributed by atoms with E-state index in [-0.39, 0.29) is 25.0 Å². The molecule has 0 unspecified atom stereocenters. The molecular weight excluding hydrogens is 297 g/mol. The molecule has 0 aliphatic carbocycles. The largest absolute Gasteiger partial charge is 0.411 e. The number of rotatable bonds is 6. The quantitative estimate of drug-likeness (QED) is 0.704. The molecule has 2 fully saturated rings. The molecule has 2 atom stereocenters. The van der Waals surface area contributed by atoms with E-state index in [0.29, 0.717) is 6.04 Å². The highest BCUT2D eigenvalue weighted by atomic mass is 19.4. The van der Waals surface area contributed by atoms with Crippen LogP contribution >= 0.6 is 0 Å². The third-order valence-electron chi connectivity index (χ3n) is 4.61. The van der Waals surface area contributed by atoms with Crippen LogP contribution in [0.3, 0.4) is 0 Å². The van der Waals surface area contributed by atoms with Crippen LogP contribution in [0, 0.1) is 0 Å². The van der Waals surface area contributed by atoms with Crippen molar-refractivity contribution in [3.8, 4) is 0 Å². The Morgan fingerprint density at radius 1 is 1.18 bits per heavy atom. The Labute approximate surface area is 129 Å². The second kappa shape index (κ2) is 7.64. The maximum Gasteiger partial charge on any atom is 0.411 e. The van der Waals surface area contributed by atoms with Crippen molar-refractivity contribution >= 4 is 5.91 Å². The van der Waals surface area contributed by atoms with E-state index in [1.54, 1.807) is 0 Å². The first-order valence-corrected chi connectivity index (χ1v) is 8.10. The lowest BCUT2D eigenvalue weighted by Gasteiger charge is -2.34. The number of ether oxygens (including phenoxy) is 1. The summed E-state index contributed by atoms with van der Waals surface area (Å²) in [5, 5.41) is 0. The molecule has 0 N–H and O–H groups in total. The number of hydrogen-bond acceptors (Lipinski definition) is 3. The number of nitrogens with zero attached hydrogens (tertiary/aromatic N) is 2. The van der Waals surface area contributed by atoms with Gasteiger partial charge in [0.1, 0.15) is 6.61 Å². The van der Waals surface area contributed by atoms with Crippen LogP contribution in [0.2, 0.25) is 0 Å². The van der Waals surface area contributed by atoms with Gasteiger partial charge in [0, 0.05) is 18.6 Å². The Morgan fingerprint density at radius 2 is 1.86 bits per heavy atom. The summed E-state index contributed by atoms with van der Waals surface area (Å²) in [4.78, 5) is 16.6. The topological polar surface area (TPSA) is 32.8 Å². The Kier molecular flexibility index (Phi) is 6.09. The van der Waals surface area contributed by atoms with E-state index in [9.17, 15) is 18.0 Å². The lowest BCUT2D eigenvalue weighted by molar-refractivity contribution is -0.175. The van der Waals surface area contributed by atoms with Crippen LogP contribution in [0.1, 0.15) is 39.0 Å². The van der Waals surface area contributed by atoms with Gasteiger partial charge < -0.3 is 9.64 Å². The highest BCUT2D eigenvalue weighted by Crippen LogP contribution is 2.30. The zero-order valence-corrected chi connectivity index (χ0v) is 13.1. The van der Waals surface area contributed by atoms with Crippen LogP contribution in [-0.2, 0) is 9.53 Å². The molecule has 2 saturated heterocycles. The van der Waals surface area contributed by atoms with Crippen LogP contribution in [0.4, 0.5) is 13.2 Å². The Balaban J connectivity index is 1.81. The minimum absolute atomic E-state index is 0.0332. The van der Waals surface area contributed by atoms with Crippen LogP contribution in [0.15, 0.2) is 0 Å². The molecular formula is C15H25F3N2O2. The molecule has 1 amide bonds. The second-order valence-corrected chi connectivity index (χ2v) is 6.05. The maximum absolute atomic E-state index is 12.3. The highest BCUT2D eigenvalue weighted by molar-refractivity contribution is 5.77. The first-order valence-electron chi connectivity index (χ1n) is 8.10. The van der Waals surface area contributed by atoms with Gasteiger partial charge in [-0.15, -0.1) is 0 Å². The Morgan fingerprint density at radius 3 is 2.55 bits per heavy atom. The molecule has 2 rings (SSSR count). The van der Waals surface area contributed by atoms with Gasteiger partial charge in [0.05, 0.1) is 13.0 Å². The fraction of sp³-hybridized carbons (Fsp3) is 0.933. The first-order chi connectivity index (χ1) is 10.4. The molecule has 2 aliphatic heterocycles. The summed E-state index contributed by atoms with van der Waals surface area (Å²) >= 11 is 0. The molecule has 0 aromatic carbocycles. The lowest BCUT2D eigenvalue weighted by atomic mass is 10.0. The van der Waals surface area contributed by atoms with Crippen molar-refractivity contribution in [3.63, 3.8) is 0 Å². The third-order valence-corrected chi connectivity index (χ3v) is 4.61. The molecule has 128 valence electrons. The van der Waals surface area contributed by atoms with E-state index >= 15 is 0 Å². The second-order valence-electron chi connectivity index (χ2n) is 6.05. The summed E-state index contributed by atoms with van der Waals surface area (Å²) in [5.74, 6) is -0.0763. The van der Waals surface area contributed by atoms with Crippen molar-refractivity contribution in [1.29, 1.82) is 0 Å². The Hall–Kier alpha value is -0.820. The zero-order valence-electron chi connectivity index (χ0n) is 13.1. The monoisotopic (exact) mass is 322 g/mol. The number of hydrogen-bond donors (Lipinski definition) is 0. The molecule has 4 nitrogen and oxygen atoms in total. The van der Waals surface area contributed by atoms with E-state index in [4.69, 9.17) is 0 Å². The van der Waals surface area contributed by atoms with E-state index in [2.05, 4.69) is 16.6 Å². The van der Waals surface area contributed by atoms with Crippen molar-refractivity contribution in [2.75, 3.05) is 32.8 Å². The standard InChI is InChI=1S/C15H25F3N2O2/c1-2-19-8-3-5-12(19)13-6-4-9-20(13)14(21)7-10-22-11-15(16,17)18/h12-13H,2-11H2,1H3/t12-,13-/m1/s1. The van der Waals surface area contributed by atoms with E-state index in [0.717, 1.165) is 45.3 Å². The number of likely N-dealkylation sites (N-methyl/N-ethyl adjacent to an activating group) is 1. The van der Waals surface area contributed by atoms with E-state index < -0.39 is 12.8 Å². The lowest BCUT2D eigenvalue weighted by Crippen LogP contribution is -2.48. The molecule has 2 heterocycles. The first kappa shape index (κ1) is 17.5. The van der Waals surface area contributed by atoms with Crippen molar-refractivity contribution < 1.29 is 22.7 Å². The number of halogens is 3. The van der Waals surface area contributed by atoms with Gasteiger partial charge >= 0.3 is 6.18 Å². The highest BCUT2D eigenvalue weighted by Gasteiger charge is 2.38. The summed E-state index contributed by atoms with van der Waals surface area (Å²) in [6, 6.07) is 0.630. The van der Waals surface area contributed by atoms with Gasteiger partial charge in [0.15, 0.2) is 0 Å². The third kappa shape index (κ3) is 4.59. The molecule has 0 aromatic rings. The average molecular weight is 322 g/mol. The fourth-order valence-electron chi connectivity index (χ4n) is 3.67. The van der Waals surface area contributed by atoms with E-state index in [1.165, 1.54) is 0 Å². The van der Waals surface area contributed by atoms with Crippen molar-refractivity contribution in [2.45, 2.75) is 57.3 Å². The number of carbonyl (C=O) groups excluding carboxylic acids is 1. The van der Waals surface area contributed by atoms with Crippen molar-refractivity contribution in [2.24, 2.45) is 0 Å². The molecule has 0 saturated carbocycles. The van der Waals surface area contributed by atoms with Gasteiger partial charge in [0.2, 0.25) is 5.91 Å². The fourth-order valence-corrected chi connectivity index (χ4v) is 3.67. The van der Waals surface area contributed by atoms with Crippen molar-refractivity contribution in [3.05, 3.63) is 0 Å². The number of amides is 1. The van der Waals surface area contributed by atoms with Crippen molar-refractivity contribution in [1.82, 2.24) is 9.80 Å². The minimum Gasteiger partial charge on any atom is -0.372 e. The van der Waals surface area contributed by atoms with Gasteiger partial charge in [-0.2, -0.15) is 13.2 Å². The molecule has 2 aliphatic rings. The van der Waals surface area contributed by atoms with Gasteiger partial charge in [-0.25, -0.2) is 0 Å². The summed E-state index contributed by atoms with van der Waals surface area (Å²) < 4.78 is 40.6. The summed E-state index contributed by atoms with van der Waals surface area (Å²) in [6.07, 6.45) is -0.0566. The van der Waals surface area contributed by atoms with Gasteiger partial charge in [-0.3, -0.25) is 9.69 Å². The molecule has 0 spiro atoms. The molecule has 0 radical (unpaired) electrons. The number of likely N-dealkylation sites (tertiary alicyclic amines) is 2.